The normalized spacial score (nSPS) is 32.0. The molecule has 2 saturated heterocycles. The summed E-state index contributed by atoms with van der Waals surface area (Å²) in [5.74, 6) is 0. The van der Waals surface area contributed by atoms with Gasteiger partial charge in [-0.05, 0) is 0 Å². The fourth-order valence-corrected chi connectivity index (χ4v) is 2.25. The Morgan fingerprint density at radius 3 is 1.78 bits per heavy atom. The van der Waals surface area contributed by atoms with Gasteiger partial charge in [0, 0.05) is 12.8 Å². The molecule has 0 amide bonds. The van der Waals surface area contributed by atoms with E-state index in [0.29, 0.717) is 0 Å². The Balaban J connectivity index is 2.04. The molecule has 1 spiro atoms. The molecule has 0 unspecified atom stereocenters. The Labute approximate surface area is 56.0 Å². The molecule has 0 aromatic rings. The van der Waals surface area contributed by atoms with E-state index in [2.05, 4.69) is 10.6 Å². The molecule has 0 aromatic carbocycles. The maximum Gasteiger partial charge on any atom is 0.0871 e. The lowest BCUT2D eigenvalue weighted by Crippen LogP contribution is -2.84. The molecule has 0 atom stereocenters. The molecule has 4 N–H and O–H groups in total. The molecular formula is C7H16N2+2. The second-order valence-electron chi connectivity index (χ2n) is 3.56. The quantitative estimate of drug-likeness (QED) is 0.375. The molecule has 2 heteroatoms. The van der Waals surface area contributed by atoms with Crippen LogP contribution in [0.15, 0.2) is 0 Å². The second-order valence-corrected chi connectivity index (χ2v) is 3.56. The molecule has 2 aliphatic rings. The van der Waals surface area contributed by atoms with E-state index in [0.717, 1.165) is 5.41 Å². The SMILES string of the molecule is C1CC2(CC[NH2+]C2)C[NH2+]1. The van der Waals surface area contributed by atoms with Crippen molar-refractivity contribution in [1.29, 1.82) is 0 Å². The van der Waals surface area contributed by atoms with E-state index in [1.165, 1.54) is 39.0 Å². The van der Waals surface area contributed by atoms with Crippen LogP contribution >= 0.6 is 0 Å². The van der Waals surface area contributed by atoms with Gasteiger partial charge in [0.1, 0.15) is 0 Å². The Morgan fingerprint density at radius 1 is 0.889 bits per heavy atom. The molecule has 0 radical (unpaired) electrons. The Kier molecular flexibility index (Phi) is 1.24. The van der Waals surface area contributed by atoms with Crippen molar-refractivity contribution in [1.82, 2.24) is 0 Å². The molecule has 2 aliphatic heterocycles. The third-order valence-electron chi connectivity index (χ3n) is 2.91. The predicted octanol–water partition coefficient (Wildman–Crippen LogP) is -2.09. The number of hydrogen-bond acceptors (Lipinski definition) is 0. The lowest BCUT2D eigenvalue weighted by Gasteiger charge is -2.11. The van der Waals surface area contributed by atoms with Crippen molar-refractivity contribution >= 4 is 0 Å². The van der Waals surface area contributed by atoms with Gasteiger partial charge < -0.3 is 10.6 Å². The van der Waals surface area contributed by atoms with Crippen molar-refractivity contribution in [3.63, 3.8) is 0 Å². The van der Waals surface area contributed by atoms with Gasteiger partial charge >= 0.3 is 0 Å². The minimum atomic E-state index is 0.778. The van der Waals surface area contributed by atoms with E-state index in [-0.39, 0.29) is 0 Å². The molecule has 0 aliphatic carbocycles. The standard InChI is InChI=1S/C7H14N2/c1-3-8-5-7(1)2-4-9-6-7/h8-9H,1-6H2/p+2. The van der Waals surface area contributed by atoms with Gasteiger partial charge in [-0.3, -0.25) is 0 Å². The largest absolute Gasteiger partial charge is 0.346 e. The van der Waals surface area contributed by atoms with Crippen molar-refractivity contribution in [3.8, 4) is 0 Å². The maximum absolute atomic E-state index is 2.47. The monoisotopic (exact) mass is 128 g/mol. The molecule has 0 aromatic heterocycles. The fraction of sp³-hybridized carbons (Fsp3) is 1.00. The average Bonchev–Trinajstić information content (AvgIpc) is 2.45. The lowest BCUT2D eigenvalue weighted by molar-refractivity contribution is -0.656. The predicted molar refractivity (Wildman–Crippen MR) is 35.0 cm³/mol. The molecule has 2 fully saturated rings. The smallest absolute Gasteiger partial charge is 0.0871 e. The Hall–Kier alpha value is -0.0800. The molecule has 2 nitrogen and oxygen atoms in total. The molecule has 2 rings (SSSR count). The summed E-state index contributed by atoms with van der Waals surface area (Å²) in [7, 11) is 0. The molecule has 9 heavy (non-hydrogen) atoms. The van der Waals surface area contributed by atoms with Crippen LogP contribution in [0.1, 0.15) is 12.8 Å². The van der Waals surface area contributed by atoms with Gasteiger partial charge in [-0.15, -0.1) is 0 Å². The van der Waals surface area contributed by atoms with Crippen LogP contribution in [-0.2, 0) is 0 Å². The van der Waals surface area contributed by atoms with Gasteiger partial charge in [0.2, 0.25) is 0 Å². The third kappa shape index (κ3) is 0.864. The average molecular weight is 128 g/mol. The fourth-order valence-electron chi connectivity index (χ4n) is 2.25. The highest BCUT2D eigenvalue weighted by Crippen LogP contribution is 2.25. The van der Waals surface area contributed by atoms with E-state index in [9.17, 15) is 0 Å². The molecular weight excluding hydrogens is 112 g/mol. The first-order chi connectivity index (χ1) is 4.41. The van der Waals surface area contributed by atoms with Gasteiger partial charge in [0.15, 0.2) is 0 Å². The van der Waals surface area contributed by atoms with Crippen LogP contribution in [0.5, 0.6) is 0 Å². The van der Waals surface area contributed by atoms with Crippen LogP contribution in [0.2, 0.25) is 0 Å². The van der Waals surface area contributed by atoms with E-state index in [1.54, 1.807) is 0 Å². The Morgan fingerprint density at radius 2 is 1.44 bits per heavy atom. The molecule has 52 valence electrons. The van der Waals surface area contributed by atoms with Gasteiger partial charge in [-0.1, -0.05) is 0 Å². The molecule has 0 bridgehead atoms. The summed E-state index contributed by atoms with van der Waals surface area (Å²) in [5.41, 5.74) is 0.778. The van der Waals surface area contributed by atoms with Crippen LogP contribution < -0.4 is 10.6 Å². The first-order valence-electron chi connectivity index (χ1n) is 4.05. The number of nitrogens with two attached hydrogens (primary N) is 2. The van der Waals surface area contributed by atoms with Crippen molar-refractivity contribution in [2.75, 3.05) is 26.2 Å². The number of hydrogen-bond donors (Lipinski definition) is 2. The zero-order valence-electron chi connectivity index (χ0n) is 5.90. The highest BCUT2D eigenvalue weighted by atomic mass is 15.0. The highest BCUT2D eigenvalue weighted by Gasteiger charge is 2.42. The minimum absolute atomic E-state index is 0.778. The summed E-state index contributed by atoms with van der Waals surface area (Å²) in [5, 5.41) is 4.94. The lowest BCUT2D eigenvalue weighted by atomic mass is 9.87. The third-order valence-corrected chi connectivity index (χ3v) is 2.91. The topological polar surface area (TPSA) is 33.2 Å². The minimum Gasteiger partial charge on any atom is -0.346 e. The summed E-state index contributed by atoms with van der Waals surface area (Å²) in [4.78, 5) is 0. The van der Waals surface area contributed by atoms with E-state index < -0.39 is 0 Å². The summed E-state index contributed by atoms with van der Waals surface area (Å²) in [6.07, 6.45) is 2.95. The van der Waals surface area contributed by atoms with E-state index in [1.807, 2.05) is 0 Å². The summed E-state index contributed by atoms with van der Waals surface area (Å²) in [6.45, 7) is 5.58. The summed E-state index contributed by atoms with van der Waals surface area (Å²) < 4.78 is 0. The molecule has 0 saturated carbocycles. The van der Waals surface area contributed by atoms with E-state index in [4.69, 9.17) is 0 Å². The first-order valence-corrected chi connectivity index (χ1v) is 4.05. The zero-order chi connectivity index (χ0) is 6.16. The summed E-state index contributed by atoms with van der Waals surface area (Å²) >= 11 is 0. The highest BCUT2D eigenvalue weighted by molar-refractivity contribution is 4.81. The van der Waals surface area contributed by atoms with Gasteiger partial charge in [0.25, 0.3) is 0 Å². The van der Waals surface area contributed by atoms with Gasteiger partial charge in [-0.25, -0.2) is 0 Å². The van der Waals surface area contributed by atoms with Gasteiger partial charge in [-0.2, -0.15) is 0 Å². The van der Waals surface area contributed by atoms with Crippen LogP contribution in [0.4, 0.5) is 0 Å². The van der Waals surface area contributed by atoms with Gasteiger partial charge in [0.05, 0.1) is 31.6 Å². The van der Waals surface area contributed by atoms with Crippen molar-refractivity contribution in [3.05, 3.63) is 0 Å². The maximum atomic E-state index is 2.47. The van der Waals surface area contributed by atoms with Crippen molar-refractivity contribution in [2.24, 2.45) is 5.41 Å². The zero-order valence-corrected chi connectivity index (χ0v) is 5.90. The van der Waals surface area contributed by atoms with Crippen LogP contribution in [0.25, 0.3) is 0 Å². The summed E-state index contributed by atoms with van der Waals surface area (Å²) in [6, 6.07) is 0. The van der Waals surface area contributed by atoms with E-state index >= 15 is 0 Å². The van der Waals surface area contributed by atoms with Crippen molar-refractivity contribution in [2.45, 2.75) is 12.8 Å². The first kappa shape index (κ1) is 5.69. The number of quaternary nitrogens is 2. The van der Waals surface area contributed by atoms with Crippen LogP contribution in [0, 0.1) is 5.41 Å². The van der Waals surface area contributed by atoms with Crippen molar-refractivity contribution < 1.29 is 10.6 Å². The van der Waals surface area contributed by atoms with Crippen LogP contribution in [0.3, 0.4) is 0 Å². The number of rotatable bonds is 0. The second kappa shape index (κ2) is 1.96. The Bertz CT molecular complexity index is 82.0. The van der Waals surface area contributed by atoms with Crippen LogP contribution in [-0.4, -0.2) is 26.2 Å². The molecule has 2 heterocycles.